The zero-order chi connectivity index (χ0) is 17.1. The molecule has 0 atom stereocenters. The molecule has 9 heteroatoms. The normalized spacial score (nSPS) is 15.6. The second kappa shape index (κ2) is 7.29. The monoisotopic (exact) mass is 423 g/mol. The number of hydrogen-bond acceptors (Lipinski definition) is 6. The quantitative estimate of drug-likeness (QED) is 0.736. The van der Waals surface area contributed by atoms with Crippen LogP contribution in [0.15, 0.2) is 45.9 Å². The fourth-order valence-corrected chi connectivity index (χ4v) is 3.70. The van der Waals surface area contributed by atoms with Crippen molar-refractivity contribution >= 4 is 61.2 Å². The Bertz CT molecular complexity index is 846. The van der Waals surface area contributed by atoms with Crippen molar-refractivity contribution in [2.75, 3.05) is 5.32 Å². The average molecular weight is 424 g/mol. The van der Waals surface area contributed by atoms with E-state index in [1.165, 1.54) is 11.3 Å². The summed E-state index contributed by atoms with van der Waals surface area (Å²) in [7, 11) is 0. The number of amides is 3. The molecular formula is C15H10BrN3O3S2. The van der Waals surface area contributed by atoms with E-state index >= 15 is 0 Å². The fourth-order valence-electron chi connectivity index (χ4n) is 1.93. The topological polar surface area (TPSA) is 88.2 Å². The molecule has 3 amide bonds. The van der Waals surface area contributed by atoms with Crippen LogP contribution in [-0.2, 0) is 16.0 Å². The number of thiazole rings is 1. The molecule has 0 saturated carbocycles. The van der Waals surface area contributed by atoms with E-state index in [4.69, 9.17) is 0 Å². The Balaban J connectivity index is 1.62. The number of rotatable bonds is 4. The summed E-state index contributed by atoms with van der Waals surface area (Å²) in [4.78, 5) is 39.6. The number of hydrogen-bond donors (Lipinski definition) is 2. The SMILES string of the molecule is O=C(/C=C1\SC(=O)NC1=O)Nc1ncc(Cc2ccc(Br)cc2)s1. The smallest absolute Gasteiger partial charge is 0.290 e. The Morgan fingerprint density at radius 2 is 2.04 bits per heavy atom. The summed E-state index contributed by atoms with van der Waals surface area (Å²) >= 11 is 5.45. The molecule has 0 unspecified atom stereocenters. The van der Waals surface area contributed by atoms with E-state index < -0.39 is 17.1 Å². The number of aromatic nitrogens is 1. The molecule has 24 heavy (non-hydrogen) atoms. The molecule has 0 aliphatic carbocycles. The average Bonchev–Trinajstić information content (AvgIpc) is 3.08. The third kappa shape index (κ3) is 4.31. The summed E-state index contributed by atoms with van der Waals surface area (Å²) in [5.74, 6) is -1.05. The molecule has 1 aliphatic heterocycles. The van der Waals surface area contributed by atoms with Crippen molar-refractivity contribution in [3.8, 4) is 0 Å². The van der Waals surface area contributed by atoms with Gasteiger partial charge >= 0.3 is 0 Å². The summed E-state index contributed by atoms with van der Waals surface area (Å²) in [5, 5.41) is 4.65. The summed E-state index contributed by atoms with van der Waals surface area (Å²) in [6.45, 7) is 0. The van der Waals surface area contributed by atoms with Crippen molar-refractivity contribution in [2.45, 2.75) is 6.42 Å². The van der Waals surface area contributed by atoms with Crippen LogP contribution in [0.1, 0.15) is 10.4 Å². The number of thioether (sulfide) groups is 1. The molecular weight excluding hydrogens is 414 g/mol. The number of halogens is 1. The summed E-state index contributed by atoms with van der Waals surface area (Å²) in [6, 6.07) is 7.96. The Hall–Kier alpha value is -1.97. The van der Waals surface area contributed by atoms with Gasteiger partial charge in [-0.2, -0.15) is 0 Å². The second-order valence-electron chi connectivity index (χ2n) is 4.78. The largest absolute Gasteiger partial charge is 0.298 e. The number of imide groups is 1. The number of anilines is 1. The first-order valence-corrected chi connectivity index (χ1v) is 9.17. The van der Waals surface area contributed by atoms with Gasteiger partial charge in [-0.05, 0) is 29.5 Å². The zero-order valence-electron chi connectivity index (χ0n) is 12.0. The lowest BCUT2D eigenvalue weighted by Gasteiger charge is -1.98. The Morgan fingerprint density at radius 3 is 2.71 bits per heavy atom. The van der Waals surface area contributed by atoms with Gasteiger partial charge < -0.3 is 0 Å². The molecule has 2 aromatic rings. The van der Waals surface area contributed by atoms with E-state index in [2.05, 4.69) is 31.5 Å². The minimum atomic E-state index is -0.560. The van der Waals surface area contributed by atoms with Crippen molar-refractivity contribution in [2.24, 2.45) is 0 Å². The Morgan fingerprint density at radius 1 is 1.29 bits per heavy atom. The highest BCUT2D eigenvalue weighted by Crippen LogP contribution is 2.24. The van der Waals surface area contributed by atoms with Crippen LogP contribution in [0.25, 0.3) is 0 Å². The Kier molecular flexibility index (Phi) is 5.12. The molecule has 3 rings (SSSR count). The summed E-state index contributed by atoms with van der Waals surface area (Å²) in [5.41, 5.74) is 1.14. The molecule has 0 radical (unpaired) electrons. The van der Waals surface area contributed by atoms with Crippen molar-refractivity contribution in [3.05, 3.63) is 56.4 Å². The van der Waals surface area contributed by atoms with Gasteiger partial charge in [-0.15, -0.1) is 11.3 Å². The molecule has 1 aromatic carbocycles. The molecule has 1 aliphatic rings. The number of nitrogens with one attached hydrogen (secondary N) is 2. The van der Waals surface area contributed by atoms with E-state index in [1.807, 2.05) is 24.3 Å². The van der Waals surface area contributed by atoms with E-state index in [0.717, 1.165) is 21.0 Å². The minimum absolute atomic E-state index is 0.0733. The predicted molar refractivity (Wildman–Crippen MR) is 96.9 cm³/mol. The number of nitrogens with zero attached hydrogens (tertiary/aromatic N) is 1. The molecule has 2 heterocycles. The highest BCUT2D eigenvalue weighted by Gasteiger charge is 2.26. The number of carbonyl (C=O) groups excluding carboxylic acids is 3. The lowest BCUT2D eigenvalue weighted by molar-refractivity contribution is -0.116. The standard InChI is InChI=1S/C15H10BrN3O3S2/c16-9-3-1-8(2-4-9)5-10-7-17-14(23-10)18-12(20)6-11-13(21)19-15(22)24-11/h1-4,6-7H,5H2,(H,17,18,20)(H,19,21,22)/b11-6-. The predicted octanol–water partition coefficient (Wildman–Crippen LogP) is 3.30. The van der Waals surface area contributed by atoms with Crippen LogP contribution in [-0.4, -0.2) is 22.0 Å². The molecule has 122 valence electrons. The van der Waals surface area contributed by atoms with E-state index in [0.29, 0.717) is 23.3 Å². The summed E-state index contributed by atoms with van der Waals surface area (Å²) < 4.78 is 1.02. The maximum absolute atomic E-state index is 11.9. The van der Waals surface area contributed by atoms with Crippen molar-refractivity contribution in [3.63, 3.8) is 0 Å². The molecule has 6 nitrogen and oxygen atoms in total. The van der Waals surface area contributed by atoms with Gasteiger partial charge in [0, 0.05) is 28.0 Å². The van der Waals surface area contributed by atoms with E-state index in [-0.39, 0.29) is 4.91 Å². The van der Waals surface area contributed by atoms with Gasteiger partial charge in [-0.1, -0.05) is 28.1 Å². The van der Waals surface area contributed by atoms with Gasteiger partial charge in [0.2, 0.25) is 0 Å². The zero-order valence-corrected chi connectivity index (χ0v) is 15.3. The van der Waals surface area contributed by atoms with Gasteiger partial charge in [-0.25, -0.2) is 4.98 Å². The third-order valence-corrected chi connectivity index (χ3v) is 5.23. The van der Waals surface area contributed by atoms with E-state index in [1.54, 1.807) is 6.20 Å². The molecule has 1 fully saturated rings. The van der Waals surface area contributed by atoms with Crippen molar-refractivity contribution < 1.29 is 14.4 Å². The van der Waals surface area contributed by atoms with Crippen molar-refractivity contribution in [1.82, 2.24) is 10.3 Å². The number of benzene rings is 1. The van der Waals surface area contributed by atoms with Gasteiger partial charge in [-0.3, -0.25) is 25.0 Å². The van der Waals surface area contributed by atoms with Gasteiger partial charge in [0.1, 0.15) is 0 Å². The van der Waals surface area contributed by atoms with Crippen LogP contribution in [0.5, 0.6) is 0 Å². The molecule has 0 spiro atoms. The molecule has 1 aromatic heterocycles. The van der Waals surface area contributed by atoms with Crippen LogP contribution < -0.4 is 10.6 Å². The second-order valence-corrected chi connectivity index (χ2v) is 7.82. The van der Waals surface area contributed by atoms with Crippen LogP contribution >= 0.6 is 39.0 Å². The van der Waals surface area contributed by atoms with Crippen LogP contribution in [0.3, 0.4) is 0 Å². The first kappa shape index (κ1) is 16.9. The van der Waals surface area contributed by atoms with Crippen LogP contribution in [0.4, 0.5) is 9.93 Å². The fraction of sp³-hybridized carbons (Fsp3) is 0.0667. The molecule has 0 bridgehead atoms. The maximum atomic E-state index is 11.9. The molecule has 2 N–H and O–H groups in total. The lowest BCUT2D eigenvalue weighted by Crippen LogP contribution is -2.18. The first-order chi connectivity index (χ1) is 11.5. The van der Waals surface area contributed by atoms with Crippen LogP contribution in [0, 0.1) is 0 Å². The van der Waals surface area contributed by atoms with Gasteiger partial charge in [0.05, 0.1) is 4.91 Å². The highest BCUT2D eigenvalue weighted by molar-refractivity contribution is 9.10. The molecule has 1 saturated heterocycles. The first-order valence-electron chi connectivity index (χ1n) is 6.74. The summed E-state index contributed by atoms with van der Waals surface area (Å²) in [6.07, 6.45) is 3.52. The maximum Gasteiger partial charge on any atom is 0.290 e. The van der Waals surface area contributed by atoms with Crippen molar-refractivity contribution in [1.29, 1.82) is 0 Å². The third-order valence-electron chi connectivity index (χ3n) is 2.98. The highest BCUT2D eigenvalue weighted by atomic mass is 79.9. The van der Waals surface area contributed by atoms with Crippen LogP contribution in [0.2, 0.25) is 0 Å². The minimum Gasteiger partial charge on any atom is -0.298 e. The lowest BCUT2D eigenvalue weighted by atomic mass is 10.1. The Labute approximate surface area is 153 Å². The van der Waals surface area contributed by atoms with E-state index in [9.17, 15) is 14.4 Å². The number of carbonyl (C=O) groups is 3. The van der Waals surface area contributed by atoms with Gasteiger partial charge in [0.15, 0.2) is 5.13 Å². The van der Waals surface area contributed by atoms with Gasteiger partial charge in [0.25, 0.3) is 17.1 Å².